The summed E-state index contributed by atoms with van der Waals surface area (Å²) in [5.74, 6) is -2.18. The molecule has 2 aromatic carbocycles. The van der Waals surface area contributed by atoms with Gasteiger partial charge in [0.2, 0.25) is 0 Å². The predicted octanol–water partition coefficient (Wildman–Crippen LogP) is 2.98. The molecule has 0 aromatic heterocycles. The second-order valence-corrected chi connectivity index (χ2v) is 5.36. The van der Waals surface area contributed by atoms with Crippen molar-refractivity contribution in [1.29, 1.82) is 0 Å². The molecule has 0 saturated heterocycles. The molecule has 2 rings (SSSR count). The van der Waals surface area contributed by atoms with Crippen LogP contribution >= 0.6 is 11.6 Å². The van der Waals surface area contributed by atoms with Gasteiger partial charge in [0.15, 0.2) is 0 Å². The number of carbonyl (C=O) groups excluding carboxylic acids is 2. The van der Waals surface area contributed by atoms with Crippen LogP contribution in [0.4, 0.5) is 0 Å². The number of nitrogens with one attached hydrogen (secondary N) is 1. The Morgan fingerprint density at radius 1 is 0.960 bits per heavy atom. The zero-order valence-electron chi connectivity index (χ0n) is 13.2. The van der Waals surface area contributed by atoms with E-state index in [1.165, 1.54) is 31.4 Å². The Hall–Kier alpha value is -3.12. The molecule has 0 heterocycles. The van der Waals surface area contributed by atoms with Gasteiger partial charge in [0, 0.05) is 16.7 Å². The number of esters is 1. The van der Waals surface area contributed by atoms with Gasteiger partial charge in [-0.3, -0.25) is 4.79 Å². The molecule has 0 fully saturated rings. The number of halogens is 1. The van der Waals surface area contributed by atoms with Gasteiger partial charge in [0.1, 0.15) is 0 Å². The van der Waals surface area contributed by atoms with Gasteiger partial charge in [-0.15, -0.1) is 0 Å². The van der Waals surface area contributed by atoms with Crippen molar-refractivity contribution in [2.45, 2.75) is 0 Å². The molecule has 0 bridgehead atoms. The Bertz CT molecular complexity index is 826. The van der Waals surface area contributed by atoms with E-state index in [1.54, 1.807) is 24.3 Å². The molecule has 2 aromatic rings. The number of aromatic carboxylic acids is 1. The van der Waals surface area contributed by atoms with E-state index in [9.17, 15) is 14.4 Å². The first kappa shape index (κ1) is 18.2. The zero-order chi connectivity index (χ0) is 18.4. The fourth-order valence-corrected chi connectivity index (χ4v) is 2.08. The van der Waals surface area contributed by atoms with Crippen LogP contribution in [0.15, 0.2) is 54.6 Å². The minimum Gasteiger partial charge on any atom is -0.478 e. The van der Waals surface area contributed by atoms with E-state index in [0.717, 1.165) is 6.08 Å². The van der Waals surface area contributed by atoms with Crippen molar-refractivity contribution in [3.63, 3.8) is 0 Å². The molecule has 0 atom stereocenters. The summed E-state index contributed by atoms with van der Waals surface area (Å²) in [6, 6.07) is 11.9. The summed E-state index contributed by atoms with van der Waals surface area (Å²) < 4.78 is 4.59. The van der Waals surface area contributed by atoms with Crippen LogP contribution in [0.25, 0.3) is 5.70 Å². The maximum Gasteiger partial charge on any atom is 0.335 e. The number of rotatable bonds is 5. The molecule has 0 unspecified atom stereocenters. The summed E-state index contributed by atoms with van der Waals surface area (Å²) >= 11 is 5.79. The molecule has 0 aliphatic heterocycles. The van der Waals surface area contributed by atoms with E-state index in [1.807, 2.05) is 0 Å². The molecule has 128 valence electrons. The van der Waals surface area contributed by atoms with Crippen molar-refractivity contribution in [3.05, 3.63) is 76.3 Å². The van der Waals surface area contributed by atoms with Crippen LogP contribution in [0.3, 0.4) is 0 Å². The lowest BCUT2D eigenvalue weighted by atomic mass is 10.1. The molecule has 1 amide bonds. The molecule has 0 aliphatic rings. The molecule has 0 aliphatic carbocycles. The van der Waals surface area contributed by atoms with Gasteiger partial charge in [0.05, 0.1) is 18.4 Å². The topological polar surface area (TPSA) is 92.7 Å². The lowest BCUT2D eigenvalue weighted by Gasteiger charge is -2.11. The highest BCUT2D eigenvalue weighted by Gasteiger charge is 2.12. The summed E-state index contributed by atoms with van der Waals surface area (Å²) in [5, 5.41) is 12.1. The average Bonchev–Trinajstić information content (AvgIpc) is 2.61. The Labute approximate surface area is 148 Å². The number of hydrogen-bond donors (Lipinski definition) is 2. The van der Waals surface area contributed by atoms with Crippen LogP contribution in [-0.2, 0) is 9.53 Å². The number of carboxylic acid groups (broad SMARTS) is 1. The van der Waals surface area contributed by atoms with Crippen LogP contribution in [0.5, 0.6) is 0 Å². The van der Waals surface area contributed by atoms with E-state index in [-0.39, 0.29) is 11.3 Å². The number of benzene rings is 2. The van der Waals surface area contributed by atoms with Gasteiger partial charge < -0.3 is 15.2 Å². The Balaban J connectivity index is 2.31. The van der Waals surface area contributed by atoms with Crippen LogP contribution in [0, 0.1) is 0 Å². The fourth-order valence-electron chi connectivity index (χ4n) is 1.96. The summed E-state index contributed by atoms with van der Waals surface area (Å²) in [4.78, 5) is 34.8. The molecule has 0 radical (unpaired) electrons. The SMILES string of the molecule is COC(=O)C=C(NC(=O)c1ccc(Cl)cc1)c1ccc(C(=O)O)cc1. The minimum absolute atomic E-state index is 0.0881. The molecular formula is C18H14ClNO5. The summed E-state index contributed by atoms with van der Waals surface area (Å²) in [6.45, 7) is 0. The van der Waals surface area contributed by atoms with Crippen LogP contribution in [0.2, 0.25) is 5.02 Å². The third kappa shape index (κ3) is 4.92. The number of hydrogen-bond acceptors (Lipinski definition) is 4. The van der Waals surface area contributed by atoms with Crippen LogP contribution < -0.4 is 5.32 Å². The smallest absolute Gasteiger partial charge is 0.335 e. The standard InChI is InChI=1S/C18H14ClNO5/c1-25-16(21)10-15(11-2-4-13(5-3-11)18(23)24)20-17(22)12-6-8-14(19)9-7-12/h2-10H,1H3,(H,20,22)(H,23,24). The van der Waals surface area contributed by atoms with E-state index in [4.69, 9.17) is 16.7 Å². The van der Waals surface area contributed by atoms with Gasteiger partial charge in [-0.2, -0.15) is 0 Å². The van der Waals surface area contributed by atoms with Crippen molar-refractivity contribution >= 4 is 35.1 Å². The first-order valence-corrected chi connectivity index (χ1v) is 7.49. The highest BCUT2D eigenvalue weighted by Crippen LogP contribution is 2.15. The monoisotopic (exact) mass is 359 g/mol. The third-order valence-electron chi connectivity index (χ3n) is 3.26. The molecule has 25 heavy (non-hydrogen) atoms. The molecule has 7 heteroatoms. The minimum atomic E-state index is -1.07. The highest BCUT2D eigenvalue weighted by molar-refractivity contribution is 6.30. The molecule has 0 spiro atoms. The molecule has 6 nitrogen and oxygen atoms in total. The van der Waals surface area contributed by atoms with E-state index < -0.39 is 17.8 Å². The highest BCUT2D eigenvalue weighted by atomic mass is 35.5. The van der Waals surface area contributed by atoms with E-state index in [2.05, 4.69) is 10.1 Å². The maximum absolute atomic E-state index is 12.3. The summed E-state index contributed by atoms with van der Waals surface area (Å²) in [7, 11) is 1.21. The van der Waals surface area contributed by atoms with Crippen molar-refractivity contribution in [3.8, 4) is 0 Å². The summed E-state index contributed by atoms with van der Waals surface area (Å²) in [6.07, 6.45) is 1.11. The van der Waals surface area contributed by atoms with Gasteiger partial charge >= 0.3 is 11.9 Å². The quantitative estimate of drug-likeness (QED) is 0.632. The third-order valence-corrected chi connectivity index (χ3v) is 3.51. The van der Waals surface area contributed by atoms with E-state index in [0.29, 0.717) is 16.1 Å². The van der Waals surface area contributed by atoms with Crippen molar-refractivity contribution in [2.75, 3.05) is 7.11 Å². The Morgan fingerprint density at radius 2 is 1.48 bits per heavy atom. The zero-order valence-corrected chi connectivity index (χ0v) is 13.9. The molecule has 2 N–H and O–H groups in total. The number of carbonyl (C=O) groups is 3. The first-order chi connectivity index (χ1) is 11.9. The first-order valence-electron chi connectivity index (χ1n) is 7.11. The average molecular weight is 360 g/mol. The van der Waals surface area contributed by atoms with Crippen molar-refractivity contribution in [2.24, 2.45) is 0 Å². The van der Waals surface area contributed by atoms with Gasteiger partial charge in [0.25, 0.3) is 5.91 Å². The lowest BCUT2D eigenvalue weighted by Crippen LogP contribution is -2.22. The largest absolute Gasteiger partial charge is 0.478 e. The maximum atomic E-state index is 12.3. The Kier molecular flexibility index (Phi) is 5.92. The van der Waals surface area contributed by atoms with Crippen LogP contribution in [0.1, 0.15) is 26.3 Å². The number of methoxy groups -OCH3 is 1. The lowest BCUT2D eigenvalue weighted by molar-refractivity contribution is -0.134. The van der Waals surface area contributed by atoms with Crippen molar-refractivity contribution in [1.82, 2.24) is 5.32 Å². The fraction of sp³-hybridized carbons (Fsp3) is 0.0556. The number of ether oxygens (including phenoxy) is 1. The second kappa shape index (κ2) is 8.12. The number of carboxylic acids is 1. The Morgan fingerprint density at radius 3 is 2.00 bits per heavy atom. The van der Waals surface area contributed by atoms with E-state index >= 15 is 0 Å². The molecular weight excluding hydrogens is 346 g/mol. The normalized spacial score (nSPS) is 10.9. The van der Waals surface area contributed by atoms with Crippen molar-refractivity contribution < 1.29 is 24.2 Å². The van der Waals surface area contributed by atoms with Gasteiger partial charge in [-0.25, -0.2) is 9.59 Å². The second-order valence-electron chi connectivity index (χ2n) is 4.92. The van der Waals surface area contributed by atoms with Gasteiger partial charge in [-0.05, 0) is 42.0 Å². The summed E-state index contributed by atoms with van der Waals surface area (Å²) in [5.41, 5.74) is 1.08. The van der Waals surface area contributed by atoms with Gasteiger partial charge in [-0.1, -0.05) is 23.7 Å². The predicted molar refractivity (Wildman–Crippen MR) is 92.3 cm³/mol. The van der Waals surface area contributed by atoms with Crippen LogP contribution in [-0.4, -0.2) is 30.1 Å². The molecule has 0 saturated carbocycles. The number of amides is 1.